The molecule has 104 valence electrons. The third kappa shape index (κ3) is 2.63. The molecule has 3 rings (SSSR count). The number of hydrogen-bond acceptors (Lipinski definition) is 3. The molecule has 1 unspecified atom stereocenters. The molecule has 3 nitrogen and oxygen atoms in total. The van der Waals surface area contributed by atoms with E-state index in [-0.39, 0.29) is 0 Å². The average Bonchev–Trinajstić information content (AvgIpc) is 3.05. The average molecular weight is 260 g/mol. The second-order valence-corrected chi connectivity index (χ2v) is 5.89. The molecule has 0 aromatic heterocycles. The molecule has 1 fully saturated rings. The number of nitrogens with zero attached hydrogens (tertiary/aromatic N) is 1. The van der Waals surface area contributed by atoms with Crippen LogP contribution >= 0.6 is 0 Å². The zero-order valence-corrected chi connectivity index (χ0v) is 12.0. The molecule has 0 spiro atoms. The van der Waals surface area contributed by atoms with Crippen LogP contribution in [0.15, 0.2) is 18.2 Å². The molecule has 0 bridgehead atoms. The monoisotopic (exact) mass is 260 g/mol. The van der Waals surface area contributed by atoms with E-state index in [1.54, 1.807) is 5.56 Å². The van der Waals surface area contributed by atoms with Gasteiger partial charge in [-0.2, -0.15) is 0 Å². The van der Waals surface area contributed by atoms with Crippen LogP contribution in [0.5, 0.6) is 0 Å². The van der Waals surface area contributed by atoms with Crippen molar-refractivity contribution < 1.29 is 4.74 Å². The number of benzene rings is 1. The van der Waals surface area contributed by atoms with Gasteiger partial charge in [-0.3, -0.25) is 0 Å². The molecule has 0 saturated carbocycles. The summed E-state index contributed by atoms with van der Waals surface area (Å²) in [5.41, 5.74) is 4.45. The lowest BCUT2D eigenvalue weighted by Gasteiger charge is -2.24. The SMILES string of the molecule is CC(C)N1CCc2c(CNC3CCOC3)cccc21. The summed E-state index contributed by atoms with van der Waals surface area (Å²) in [5, 5.41) is 3.63. The first-order chi connectivity index (χ1) is 9.25. The topological polar surface area (TPSA) is 24.5 Å². The maximum Gasteiger partial charge on any atom is 0.0620 e. The largest absolute Gasteiger partial charge is 0.380 e. The highest BCUT2D eigenvalue weighted by Gasteiger charge is 2.23. The number of rotatable bonds is 4. The van der Waals surface area contributed by atoms with E-state index in [2.05, 4.69) is 42.3 Å². The molecule has 1 N–H and O–H groups in total. The molecule has 1 aromatic rings. The van der Waals surface area contributed by atoms with Crippen LogP contribution in [0.4, 0.5) is 5.69 Å². The Hall–Kier alpha value is -1.06. The third-order valence-corrected chi connectivity index (χ3v) is 4.29. The van der Waals surface area contributed by atoms with Gasteiger partial charge in [0, 0.05) is 37.5 Å². The second kappa shape index (κ2) is 5.51. The van der Waals surface area contributed by atoms with E-state index in [0.29, 0.717) is 12.1 Å². The van der Waals surface area contributed by atoms with Crippen molar-refractivity contribution in [3.05, 3.63) is 29.3 Å². The quantitative estimate of drug-likeness (QED) is 0.899. The number of nitrogens with one attached hydrogen (secondary N) is 1. The first-order valence-corrected chi connectivity index (χ1v) is 7.44. The van der Waals surface area contributed by atoms with Crippen molar-refractivity contribution in [3.63, 3.8) is 0 Å². The maximum absolute atomic E-state index is 5.42. The Morgan fingerprint density at radius 1 is 1.42 bits per heavy atom. The van der Waals surface area contributed by atoms with Crippen LogP contribution in [0.2, 0.25) is 0 Å². The Morgan fingerprint density at radius 2 is 2.32 bits per heavy atom. The van der Waals surface area contributed by atoms with E-state index >= 15 is 0 Å². The second-order valence-electron chi connectivity index (χ2n) is 5.89. The van der Waals surface area contributed by atoms with Crippen LogP contribution in [0, 0.1) is 0 Å². The fraction of sp³-hybridized carbons (Fsp3) is 0.625. The van der Waals surface area contributed by atoms with E-state index < -0.39 is 0 Å². The lowest BCUT2D eigenvalue weighted by atomic mass is 10.0. The molecule has 2 heterocycles. The van der Waals surface area contributed by atoms with Crippen LogP contribution < -0.4 is 10.2 Å². The first-order valence-electron chi connectivity index (χ1n) is 7.44. The van der Waals surface area contributed by atoms with Gasteiger partial charge in [-0.25, -0.2) is 0 Å². The molecular formula is C16H24N2O. The van der Waals surface area contributed by atoms with Gasteiger partial charge in [0.2, 0.25) is 0 Å². The minimum absolute atomic E-state index is 0.540. The van der Waals surface area contributed by atoms with Crippen molar-refractivity contribution in [1.82, 2.24) is 5.32 Å². The fourth-order valence-corrected chi connectivity index (χ4v) is 3.18. The van der Waals surface area contributed by atoms with Crippen molar-refractivity contribution in [2.75, 3.05) is 24.7 Å². The maximum atomic E-state index is 5.42. The van der Waals surface area contributed by atoms with E-state index in [1.165, 1.54) is 17.7 Å². The van der Waals surface area contributed by atoms with Crippen LogP contribution in [0.25, 0.3) is 0 Å². The molecular weight excluding hydrogens is 236 g/mol. The minimum atomic E-state index is 0.540. The summed E-state index contributed by atoms with van der Waals surface area (Å²) in [5.74, 6) is 0. The summed E-state index contributed by atoms with van der Waals surface area (Å²) in [6.45, 7) is 8.46. The summed E-state index contributed by atoms with van der Waals surface area (Å²) in [6.07, 6.45) is 2.33. The Kier molecular flexibility index (Phi) is 3.76. The minimum Gasteiger partial charge on any atom is -0.380 e. The van der Waals surface area contributed by atoms with Gasteiger partial charge in [-0.1, -0.05) is 12.1 Å². The highest BCUT2D eigenvalue weighted by molar-refractivity contribution is 5.61. The van der Waals surface area contributed by atoms with Crippen molar-refractivity contribution in [3.8, 4) is 0 Å². The standard InChI is InChI=1S/C16H24N2O/c1-12(2)18-8-6-15-13(4-3-5-16(15)18)10-17-14-7-9-19-11-14/h3-5,12,14,17H,6-11H2,1-2H3. The predicted molar refractivity (Wildman–Crippen MR) is 78.7 cm³/mol. The number of ether oxygens (including phenoxy) is 1. The molecule has 2 aliphatic heterocycles. The molecule has 0 aliphatic carbocycles. The van der Waals surface area contributed by atoms with E-state index in [4.69, 9.17) is 4.74 Å². The normalized spacial score (nSPS) is 22.3. The van der Waals surface area contributed by atoms with Gasteiger partial charge in [-0.05, 0) is 43.9 Å². The number of hydrogen-bond donors (Lipinski definition) is 1. The molecule has 1 atom stereocenters. The van der Waals surface area contributed by atoms with Crippen LogP contribution in [0.1, 0.15) is 31.4 Å². The fourth-order valence-electron chi connectivity index (χ4n) is 3.18. The van der Waals surface area contributed by atoms with Crippen molar-refractivity contribution in [2.45, 2.75) is 45.3 Å². The van der Waals surface area contributed by atoms with E-state index in [1.807, 2.05) is 0 Å². The predicted octanol–water partition coefficient (Wildman–Crippen LogP) is 2.34. The lowest BCUT2D eigenvalue weighted by molar-refractivity contribution is 0.190. The zero-order valence-electron chi connectivity index (χ0n) is 12.0. The Labute approximate surface area is 115 Å². The third-order valence-electron chi connectivity index (χ3n) is 4.29. The summed E-state index contributed by atoms with van der Waals surface area (Å²) in [7, 11) is 0. The highest BCUT2D eigenvalue weighted by atomic mass is 16.5. The zero-order chi connectivity index (χ0) is 13.2. The van der Waals surface area contributed by atoms with Gasteiger partial charge in [0.15, 0.2) is 0 Å². The van der Waals surface area contributed by atoms with Crippen molar-refractivity contribution in [2.24, 2.45) is 0 Å². The number of anilines is 1. The van der Waals surface area contributed by atoms with Gasteiger partial charge in [0.25, 0.3) is 0 Å². The van der Waals surface area contributed by atoms with E-state index in [9.17, 15) is 0 Å². The van der Waals surface area contributed by atoms with Crippen LogP contribution in [0.3, 0.4) is 0 Å². The molecule has 19 heavy (non-hydrogen) atoms. The molecule has 2 aliphatic rings. The van der Waals surface area contributed by atoms with Gasteiger partial charge in [-0.15, -0.1) is 0 Å². The first kappa shape index (κ1) is 12.9. The molecule has 1 aromatic carbocycles. The van der Waals surface area contributed by atoms with Gasteiger partial charge in [0.1, 0.15) is 0 Å². The smallest absolute Gasteiger partial charge is 0.0620 e. The number of fused-ring (bicyclic) bond motifs is 1. The molecule has 0 radical (unpaired) electrons. The van der Waals surface area contributed by atoms with E-state index in [0.717, 1.165) is 32.7 Å². The van der Waals surface area contributed by atoms with Crippen molar-refractivity contribution >= 4 is 5.69 Å². The lowest BCUT2D eigenvalue weighted by Crippen LogP contribution is -2.29. The molecule has 3 heteroatoms. The summed E-state index contributed by atoms with van der Waals surface area (Å²) in [6, 6.07) is 7.86. The molecule has 1 saturated heterocycles. The van der Waals surface area contributed by atoms with Gasteiger partial charge < -0.3 is 15.0 Å². The highest BCUT2D eigenvalue weighted by Crippen LogP contribution is 2.32. The van der Waals surface area contributed by atoms with Gasteiger partial charge in [0.05, 0.1) is 6.61 Å². The summed E-state index contributed by atoms with van der Waals surface area (Å²) >= 11 is 0. The molecule has 0 amide bonds. The summed E-state index contributed by atoms with van der Waals surface area (Å²) < 4.78 is 5.42. The Balaban J connectivity index is 1.72. The van der Waals surface area contributed by atoms with Crippen molar-refractivity contribution in [1.29, 1.82) is 0 Å². The summed E-state index contributed by atoms with van der Waals surface area (Å²) in [4.78, 5) is 2.51. The Bertz CT molecular complexity index is 438. The van der Waals surface area contributed by atoms with Crippen LogP contribution in [-0.2, 0) is 17.7 Å². The Morgan fingerprint density at radius 3 is 3.05 bits per heavy atom. The van der Waals surface area contributed by atoms with Crippen LogP contribution in [-0.4, -0.2) is 31.8 Å². The van der Waals surface area contributed by atoms with Gasteiger partial charge >= 0.3 is 0 Å².